The minimum absolute atomic E-state index is 0.164. The molecule has 2 N–H and O–H groups in total. The Morgan fingerprint density at radius 1 is 1.62 bits per heavy atom. The molecule has 13 heavy (non-hydrogen) atoms. The van der Waals surface area contributed by atoms with Crippen LogP contribution in [0.5, 0.6) is 0 Å². The first-order chi connectivity index (χ1) is 6.11. The van der Waals surface area contributed by atoms with Gasteiger partial charge in [0.2, 0.25) is 0 Å². The van der Waals surface area contributed by atoms with Gasteiger partial charge >= 0.3 is 0 Å². The molecule has 0 aromatic carbocycles. The van der Waals surface area contributed by atoms with Crippen LogP contribution in [0.25, 0.3) is 0 Å². The van der Waals surface area contributed by atoms with Gasteiger partial charge < -0.3 is 5.73 Å². The molecule has 0 aliphatic rings. The second-order valence-electron chi connectivity index (χ2n) is 2.16. The Morgan fingerprint density at radius 2 is 2.15 bits per heavy atom. The van der Waals surface area contributed by atoms with E-state index >= 15 is 0 Å². The molecule has 1 heterocycles. The summed E-state index contributed by atoms with van der Waals surface area (Å²) in [6.07, 6.45) is 0. The highest BCUT2D eigenvalue weighted by molar-refractivity contribution is 6.32. The summed E-state index contributed by atoms with van der Waals surface area (Å²) in [5.74, 6) is -0.553. The van der Waals surface area contributed by atoms with Crippen molar-refractivity contribution in [2.45, 2.75) is 6.92 Å². The molecule has 0 aliphatic carbocycles. The normalized spacial score (nSPS) is 8.31. The van der Waals surface area contributed by atoms with Crippen LogP contribution in [0, 0.1) is 18.8 Å². The first-order valence-corrected chi connectivity index (χ1v) is 3.68. The second kappa shape index (κ2) is 5.12. The number of halogens is 1. The van der Waals surface area contributed by atoms with Gasteiger partial charge in [0.1, 0.15) is 5.15 Å². The maximum Gasteiger partial charge on any atom is 0.251 e. The molecule has 0 spiro atoms. The number of rotatable bonds is 1. The zero-order valence-corrected chi connectivity index (χ0v) is 7.75. The van der Waals surface area contributed by atoms with Crippen LogP contribution in [0.1, 0.15) is 16.1 Å². The minimum atomic E-state index is -0.553. The van der Waals surface area contributed by atoms with Crippen molar-refractivity contribution in [2.24, 2.45) is 5.73 Å². The van der Waals surface area contributed by atoms with Gasteiger partial charge in [-0.05, 0) is 19.1 Å². The number of hydrogen-bond acceptors (Lipinski definition) is 3. The van der Waals surface area contributed by atoms with E-state index in [1.807, 2.05) is 0 Å². The number of nitriles is 1. The zero-order chi connectivity index (χ0) is 10.4. The van der Waals surface area contributed by atoms with Crippen molar-refractivity contribution in [1.29, 1.82) is 5.26 Å². The molecule has 0 saturated carbocycles. The molecule has 1 rings (SSSR count). The Morgan fingerprint density at radius 3 is 2.54 bits per heavy atom. The summed E-state index contributed by atoms with van der Waals surface area (Å²) in [5, 5.41) is 6.66. The van der Waals surface area contributed by atoms with Crippen LogP contribution in [-0.2, 0) is 0 Å². The van der Waals surface area contributed by atoms with Crippen LogP contribution < -0.4 is 5.73 Å². The van der Waals surface area contributed by atoms with E-state index in [1.54, 1.807) is 19.1 Å². The predicted octanol–water partition coefficient (Wildman–Crippen LogP) is 1.28. The molecular formula is C8H8ClN3O. The van der Waals surface area contributed by atoms with Crippen LogP contribution in [0.3, 0.4) is 0 Å². The molecule has 0 unspecified atom stereocenters. The number of hydrogen-bond donors (Lipinski definition) is 1. The minimum Gasteiger partial charge on any atom is -0.366 e. The Labute approximate surface area is 80.9 Å². The average molecular weight is 198 g/mol. The van der Waals surface area contributed by atoms with E-state index in [4.69, 9.17) is 22.6 Å². The standard InChI is InChI=1S/C7H7ClN2O.CHN/c1-4-2-3-5(7(9)11)6(8)10-4;1-2/h2-3H,1H3,(H2,9,11);1H. The lowest BCUT2D eigenvalue weighted by Gasteiger charge is -1.98. The van der Waals surface area contributed by atoms with Gasteiger partial charge in [-0.15, -0.1) is 0 Å². The number of nitrogens with zero attached hydrogens (tertiary/aromatic N) is 2. The molecule has 1 amide bonds. The number of aromatic nitrogens is 1. The Bertz CT molecular complexity index is 335. The molecule has 1 aromatic heterocycles. The fourth-order valence-corrected chi connectivity index (χ4v) is 0.998. The van der Waals surface area contributed by atoms with Gasteiger partial charge in [-0.3, -0.25) is 4.79 Å². The lowest BCUT2D eigenvalue weighted by atomic mass is 10.2. The van der Waals surface area contributed by atoms with E-state index in [0.717, 1.165) is 5.69 Å². The van der Waals surface area contributed by atoms with Gasteiger partial charge in [0.15, 0.2) is 0 Å². The molecule has 0 saturated heterocycles. The van der Waals surface area contributed by atoms with E-state index < -0.39 is 5.91 Å². The molecule has 0 fully saturated rings. The van der Waals surface area contributed by atoms with Gasteiger partial charge in [0, 0.05) is 12.3 Å². The summed E-state index contributed by atoms with van der Waals surface area (Å²) in [4.78, 5) is 14.5. The first-order valence-electron chi connectivity index (χ1n) is 3.30. The predicted molar refractivity (Wildman–Crippen MR) is 49.2 cm³/mol. The van der Waals surface area contributed by atoms with Crippen molar-refractivity contribution in [1.82, 2.24) is 4.98 Å². The summed E-state index contributed by atoms with van der Waals surface area (Å²) < 4.78 is 0. The van der Waals surface area contributed by atoms with Crippen molar-refractivity contribution in [3.05, 3.63) is 28.5 Å². The Balaban J connectivity index is 0.000000671. The first kappa shape index (κ1) is 11.4. The summed E-state index contributed by atoms with van der Waals surface area (Å²) in [7, 11) is 0. The van der Waals surface area contributed by atoms with Crippen molar-refractivity contribution in [3.8, 4) is 6.57 Å². The fourth-order valence-electron chi connectivity index (χ4n) is 0.709. The van der Waals surface area contributed by atoms with Crippen molar-refractivity contribution < 1.29 is 4.79 Å². The summed E-state index contributed by atoms with van der Waals surface area (Å²) >= 11 is 5.61. The highest BCUT2D eigenvalue weighted by Gasteiger charge is 2.06. The third-order valence-corrected chi connectivity index (χ3v) is 1.54. The Hall–Kier alpha value is -1.60. The van der Waals surface area contributed by atoms with Gasteiger partial charge in [0.25, 0.3) is 5.91 Å². The molecule has 1 aromatic rings. The van der Waals surface area contributed by atoms with Crippen molar-refractivity contribution >= 4 is 17.5 Å². The molecular weight excluding hydrogens is 190 g/mol. The monoisotopic (exact) mass is 197 g/mol. The topological polar surface area (TPSA) is 79.8 Å². The van der Waals surface area contributed by atoms with Crippen molar-refractivity contribution in [3.63, 3.8) is 0 Å². The largest absolute Gasteiger partial charge is 0.366 e. The highest BCUT2D eigenvalue weighted by Crippen LogP contribution is 2.12. The number of nitrogens with two attached hydrogens (primary N) is 1. The SMILES string of the molecule is C#N.Cc1ccc(C(N)=O)c(Cl)n1. The molecule has 0 atom stereocenters. The summed E-state index contributed by atoms with van der Waals surface area (Å²) in [6, 6.07) is 3.25. The van der Waals surface area contributed by atoms with E-state index in [0.29, 0.717) is 0 Å². The third kappa shape index (κ3) is 3.09. The molecule has 0 aliphatic heterocycles. The van der Waals surface area contributed by atoms with Crippen LogP contribution in [0.2, 0.25) is 5.15 Å². The maximum absolute atomic E-state index is 10.6. The van der Waals surface area contributed by atoms with Gasteiger partial charge in [-0.2, -0.15) is 0 Å². The number of carbonyl (C=O) groups excluding carboxylic acids is 1. The van der Waals surface area contributed by atoms with E-state index in [1.165, 1.54) is 0 Å². The van der Waals surface area contributed by atoms with E-state index in [2.05, 4.69) is 11.6 Å². The smallest absolute Gasteiger partial charge is 0.251 e. The number of aryl methyl sites for hydroxylation is 1. The zero-order valence-electron chi connectivity index (χ0n) is 6.99. The van der Waals surface area contributed by atoms with Gasteiger partial charge in [-0.1, -0.05) is 11.6 Å². The van der Waals surface area contributed by atoms with Gasteiger partial charge in [0.05, 0.1) is 5.56 Å². The van der Waals surface area contributed by atoms with E-state index in [-0.39, 0.29) is 10.7 Å². The molecule has 68 valence electrons. The summed E-state index contributed by atoms with van der Waals surface area (Å²) in [6.45, 7) is 5.29. The molecule has 0 bridgehead atoms. The van der Waals surface area contributed by atoms with Crippen LogP contribution in [-0.4, -0.2) is 10.9 Å². The molecule has 0 radical (unpaired) electrons. The summed E-state index contributed by atoms with van der Waals surface area (Å²) in [5.41, 5.74) is 6.03. The number of carbonyl (C=O) groups is 1. The third-order valence-electron chi connectivity index (χ3n) is 1.25. The van der Waals surface area contributed by atoms with Crippen LogP contribution in [0.4, 0.5) is 0 Å². The van der Waals surface area contributed by atoms with Crippen LogP contribution in [0.15, 0.2) is 12.1 Å². The second-order valence-corrected chi connectivity index (χ2v) is 2.51. The quantitative estimate of drug-likeness (QED) is 0.689. The van der Waals surface area contributed by atoms with Crippen LogP contribution >= 0.6 is 11.6 Å². The average Bonchev–Trinajstić information content (AvgIpc) is 2.07. The molecule has 5 heteroatoms. The Kier molecular flexibility index (Phi) is 4.49. The van der Waals surface area contributed by atoms with Crippen molar-refractivity contribution in [2.75, 3.05) is 0 Å². The van der Waals surface area contributed by atoms with Gasteiger partial charge in [-0.25, -0.2) is 10.2 Å². The van der Waals surface area contributed by atoms with E-state index in [9.17, 15) is 4.79 Å². The number of primary amides is 1. The number of pyridine rings is 1. The lowest BCUT2D eigenvalue weighted by Crippen LogP contribution is -2.12. The maximum atomic E-state index is 10.6. The fraction of sp³-hybridized carbons (Fsp3) is 0.125. The highest BCUT2D eigenvalue weighted by atomic mass is 35.5. The molecule has 4 nitrogen and oxygen atoms in total. The lowest BCUT2D eigenvalue weighted by molar-refractivity contribution is 0.1000. The number of amides is 1.